The summed E-state index contributed by atoms with van der Waals surface area (Å²) in [5.41, 5.74) is 0.0663. The molecule has 0 amide bonds. The summed E-state index contributed by atoms with van der Waals surface area (Å²) >= 11 is 0. The Labute approximate surface area is 142 Å². The summed E-state index contributed by atoms with van der Waals surface area (Å²) in [6, 6.07) is 4.03. The van der Waals surface area contributed by atoms with Crippen LogP contribution in [0.3, 0.4) is 0 Å². The maximum Gasteiger partial charge on any atom is 0.157 e. The zero-order valence-corrected chi connectivity index (χ0v) is 15.5. The molecule has 0 aliphatic carbocycles. The van der Waals surface area contributed by atoms with Gasteiger partial charge in [-0.15, -0.1) is 0 Å². The van der Waals surface area contributed by atoms with Crippen molar-refractivity contribution < 1.29 is 14.5 Å². The van der Waals surface area contributed by atoms with E-state index < -0.39 is 0 Å². The second kappa shape index (κ2) is 8.89. The lowest BCUT2D eigenvalue weighted by Crippen LogP contribution is -2.82. The largest absolute Gasteiger partial charge is 0.463 e. The minimum absolute atomic E-state index is 0.0663. The van der Waals surface area contributed by atoms with E-state index in [1.807, 2.05) is 6.07 Å². The van der Waals surface area contributed by atoms with Gasteiger partial charge in [0.25, 0.3) is 0 Å². The standard InChI is InChI=1S/C20H35NO2/c1-16(2)7-8-17(18-10-13-23-20(3,4)14-18)9-11-21-15-19-6-5-12-22-19/h5-6,12,16-18,21H,7-11,13-15H2,1-4H3/p+1/t17-,18+/m0/s1. The van der Waals surface area contributed by atoms with Crippen LogP contribution in [0.25, 0.3) is 0 Å². The fourth-order valence-electron chi connectivity index (χ4n) is 3.85. The van der Waals surface area contributed by atoms with Gasteiger partial charge < -0.3 is 14.5 Å². The predicted molar refractivity (Wildman–Crippen MR) is 94.1 cm³/mol. The van der Waals surface area contributed by atoms with Gasteiger partial charge in [0.1, 0.15) is 6.54 Å². The van der Waals surface area contributed by atoms with Crippen molar-refractivity contribution in [2.24, 2.45) is 17.8 Å². The molecular formula is C20H36NO2+. The zero-order chi connectivity index (χ0) is 16.7. The second-order valence-corrected chi connectivity index (χ2v) is 8.24. The summed E-state index contributed by atoms with van der Waals surface area (Å²) < 4.78 is 11.3. The van der Waals surface area contributed by atoms with Gasteiger partial charge in [-0.2, -0.15) is 0 Å². The first-order valence-corrected chi connectivity index (χ1v) is 9.44. The van der Waals surface area contributed by atoms with Gasteiger partial charge >= 0.3 is 0 Å². The molecule has 1 saturated heterocycles. The van der Waals surface area contributed by atoms with E-state index in [2.05, 4.69) is 39.1 Å². The Morgan fingerprint density at radius 1 is 1.26 bits per heavy atom. The number of rotatable bonds is 9. The highest BCUT2D eigenvalue weighted by molar-refractivity contribution is 4.95. The molecule has 0 spiro atoms. The first kappa shape index (κ1) is 18.5. The van der Waals surface area contributed by atoms with Crippen LogP contribution >= 0.6 is 0 Å². The van der Waals surface area contributed by atoms with E-state index in [1.165, 1.54) is 38.6 Å². The highest BCUT2D eigenvalue weighted by Gasteiger charge is 2.33. The van der Waals surface area contributed by atoms with Crippen molar-refractivity contribution >= 4 is 0 Å². The lowest BCUT2D eigenvalue weighted by molar-refractivity contribution is -0.673. The molecule has 1 aliphatic rings. The van der Waals surface area contributed by atoms with Gasteiger partial charge in [-0.1, -0.05) is 20.3 Å². The molecule has 23 heavy (non-hydrogen) atoms. The number of furan rings is 1. The molecule has 0 radical (unpaired) electrons. The molecule has 0 bridgehead atoms. The summed E-state index contributed by atoms with van der Waals surface area (Å²) in [5.74, 6) is 3.55. The Hall–Kier alpha value is -0.800. The maximum absolute atomic E-state index is 5.93. The Morgan fingerprint density at radius 2 is 2.09 bits per heavy atom. The van der Waals surface area contributed by atoms with Crippen LogP contribution in [0.5, 0.6) is 0 Å². The minimum Gasteiger partial charge on any atom is -0.463 e. The van der Waals surface area contributed by atoms with Gasteiger partial charge in [-0.3, -0.25) is 0 Å². The fraction of sp³-hybridized carbons (Fsp3) is 0.800. The van der Waals surface area contributed by atoms with Gasteiger partial charge in [-0.05, 0) is 69.4 Å². The zero-order valence-electron chi connectivity index (χ0n) is 15.5. The third-order valence-electron chi connectivity index (χ3n) is 5.18. The Bertz CT molecular complexity index is 425. The molecule has 3 heteroatoms. The van der Waals surface area contributed by atoms with Crippen molar-refractivity contribution in [3.63, 3.8) is 0 Å². The first-order chi connectivity index (χ1) is 11.0. The Morgan fingerprint density at radius 3 is 2.74 bits per heavy atom. The Balaban J connectivity index is 1.80. The average molecular weight is 323 g/mol. The first-order valence-electron chi connectivity index (χ1n) is 9.44. The van der Waals surface area contributed by atoms with Crippen molar-refractivity contribution in [1.29, 1.82) is 0 Å². The van der Waals surface area contributed by atoms with Crippen LogP contribution in [0, 0.1) is 17.8 Å². The monoisotopic (exact) mass is 322 g/mol. The van der Waals surface area contributed by atoms with E-state index >= 15 is 0 Å². The van der Waals surface area contributed by atoms with E-state index in [9.17, 15) is 0 Å². The fourth-order valence-corrected chi connectivity index (χ4v) is 3.85. The third kappa shape index (κ3) is 6.68. The normalized spacial score (nSPS) is 22.4. The molecule has 1 aliphatic heterocycles. The summed E-state index contributed by atoms with van der Waals surface area (Å²) in [4.78, 5) is 0. The van der Waals surface area contributed by atoms with Crippen LogP contribution < -0.4 is 5.32 Å². The Kier molecular flexibility index (Phi) is 7.16. The van der Waals surface area contributed by atoms with Crippen molar-refractivity contribution in [3.8, 4) is 0 Å². The van der Waals surface area contributed by atoms with Crippen LogP contribution in [-0.2, 0) is 11.3 Å². The highest BCUT2D eigenvalue weighted by atomic mass is 16.5. The molecule has 2 heterocycles. The SMILES string of the molecule is CC(C)CC[C@@H](CC[NH2+]Cc1ccco1)[C@@H]1CCOC(C)(C)C1. The van der Waals surface area contributed by atoms with E-state index in [1.54, 1.807) is 6.26 Å². The van der Waals surface area contributed by atoms with Gasteiger partial charge in [0.2, 0.25) is 0 Å². The molecule has 2 rings (SSSR count). The van der Waals surface area contributed by atoms with Crippen molar-refractivity contribution in [3.05, 3.63) is 24.2 Å². The van der Waals surface area contributed by atoms with Crippen LogP contribution in [0.2, 0.25) is 0 Å². The molecule has 132 valence electrons. The van der Waals surface area contributed by atoms with E-state index in [-0.39, 0.29) is 5.60 Å². The van der Waals surface area contributed by atoms with Crippen molar-refractivity contribution in [1.82, 2.24) is 0 Å². The number of hydrogen-bond donors (Lipinski definition) is 1. The molecule has 2 N–H and O–H groups in total. The molecule has 1 fully saturated rings. The van der Waals surface area contributed by atoms with Crippen molar-refractivity contribution in [2.75, 3.05) is 13.2 Å². The topological polar surface area (TPSA) is 39.0 Å². The summed E-state index contributed by atoms with van der Waals surface area (Å²) in [6.07, 6.45) is 8.25. The summed E-state index contributed by atoms with van der Waals surface area (Å²) in [7, 11) is 0. The number of hydrogen-bond acceptors (Lipinski definition) is 2. The lowest BCUT2D eigenvalue weighted by Gasteiger charge is -2.39. The molecular weight excluding hydrogens is 286 g/mol. The molecule has 1 aromatic heterocycles. The van der Waals surface area contributed by atoms with Crippen molar-refractivity contribution in [2.45, 2.75) is 71.9 Å². The maximum atomic E-state index is 5.93. The molecule has 1 aromatic rings. The number of ether oxygens (including phenoxy) is 1. The van der Waals surface area contributed by atoms with Gasteiger partial charge in [0.15, 0.2) is 5.76 Å². The summed E-state index contributed by atoms with van der Waals surface area (Å²) in [5, 5.41) is 2.39. The third-order valence-corrected chi connectivity index (χ3v) is 5.18. The number of quaternary nitrogens is 1. The van der Waals surface area contributed by atoms with E-state index in [4.69, 9.17) is 9.15 Å². The molecule has 0 unspecified atom stereocenters. The number of nitrogens with two attached hydrogens (primary N) is 1. The highest BCUT2D eigenvalue weighted by Crippen LogP contribution is 2.36. The molecule has 0 saturated carbocycles. The predicted octanol–water partition coefficient (Wildman–Crippen LogP) is 3.99. The van der Waals surface area contributed by atoms with Gasteiger partial charge in [-0.25, -0.2) is 0 Å². The van der Waals surface area contributed by atoms with Crippen LogP contribution in [0.15, 0.2) is 22.8 Å². The average Bonchev–Trinajstić information content (AvgIpc) is 2.98. The smallest absolute Gasteiger partial charge is 0.157 e. The van der Waals surface area contributed by atoms with Gasteiger partial charge in [0.05, 0.1) is 18.4 Å². The van der Waals surface area contributed by atoms with Crippen LogP contribution in [0.4, 0.5) is 0 Å². The van der Waals surface area contributed by atoms with Crippen LogP contribution in [0.1, 0.15) is 65.6 Å². The molecule has 3 nitrogen and oxygen atoms in total. The quantitative estimate of drug-likeness (QED) is 0.698. The van der Waals surface area contributed by atoms with E-state index in [0.29, 0.717) is 0 Å². The van der Waals surface area contributed by atoms with Gasteiger partial charge in [0, 0.05) is 6.61 Å². The lowest BCUT2D eigenvalue weighted by atomic mass is 9.75. The second-order valence-electron chi connectivity index (χ2n) is 8.24. The molecule has 2 atom stereocenters. The van der Waals surface area contributed by atoms with E-state index in [0.717, 1.165) is 36.7 Å². The minimum atomic E-state index is 0.0663. The van der Waals surface area contributed by atoms with Crippen LogP contribution in [-0.4, -0.2) is 18.8 Å². The summed E-state index contributed by atoms with van der Waals surface area (Å²) in [6.45, 7) is 12.3. The molecule has 0 aromatic carbocycles.